The van der Waals surface area contributed by atoms with Crippen LogP contribution in [0.5, 0.6) is 0 Å². The molecule has 5 heteroatoms. The predicted octanol–water partition coefficient (Wildman–Crippen LogP) is 0.631. The van der Waals surface area contributed by atoms with Gasteiger partial charge in [0, 0.05) is 7.05 Å². The molecule has 1 heterocycles. The molecule has 0 spiro atoms. The molecule has 1 aromatic carbocycles. The molecule has 0 aromatic heterocycles. The summed E-state index contributed by atoms with van der Waals surface area (Å²) in [5.74, 6) is -0.955. The summed E-state index contributed by atoms with van der Waals surface area (Å²) in [4.78, 5) is 25.6. The normalized spacial score (nSPS) is 16.9. The van der Waals surface area contributed by atoms with E-state index in [0.717, 1.165) is 0 Å². The Labute approximate surface area is 92.3 Å². The highest BCUT2D eigenvalue weighted by atomic mass is 19.1. The van der Waals surface area contributed by atoms with E-state index in [-0.39, 0.29) is 30.6 Å². The number of para-hydroxylation sites is 1. The Hall–Kier alpha value is -1.91. The van der Waals surface area contributed by atoms with Crippen LogP contribution in [0.4, 0.5) is 10.1 Å². The van der Waals surface area contributed by atoms with Crippen molar-refractivity contribution in [2.45, 2.75) is 0 Å². The minimum Gasteiger partial charge on any atom is -0.335 e. The van der Waals surface area contributed by atoms with Crippen molar-refractivity contribution in [2.75, 3.05) is 25.0 Å². The number of anilines is 1. The first-order valence-electron chi connectivity index (χ1n) is 4.88. The van der Waals surface area contributed by atoms with Gasteiger partial charge >= 0.3 is 0 Å². The molecule has 4 nitrogen and oxygen atoms in total. The summed E-state index contributed by atoms with van der Waals surface area (Å²) in [7, 11) is 1.55. The molecular weight excluding hydrogens is 211 g/mol. The van der Waals surface area contributed by atoms with Crippen molar-refractivity contribution in [3.63, 3.8) is 0 Å². The highest BCUT2D eigenvalue weighted by Crippen LogP contribution is 2.20. The number of nitrogens with zero attached hydrogens (tertiary/aromatic N) is 2. The third-order valence-corrected chi connectivity index (χ3v) is 2.54. The fourth-order valence-electron chi connectivity index (χ4n) is 1.61. The Morgan fingerprint density at radius 3 is 2.50 bits per heavy atom. The second kappa shape index (κ2) is 3.92. The first-order valence-corrected chi connectivity index (χ1v) is 4.88. The van der Waals surface area contributed by atoms with E-state index in [1.165, 1.54) is 21.9 Å². The van der Waals surface area contributed by atoms with Gasteiger partial charge in [0.25, 0.3) is 0 Å². The molecule has 0 atom stereocenters. The quantitative estimate of drug-likeness (QED) is 0.699. The summed E-state index contributed by atoms with van der Waals surface area (Å²) in [5, 5.41) is 0. The molecule has 0 N–H and O–H groups in total. The number of carbonyl (C=O) groups excluding carboxylic acids is 2. The molecular formula is C11H11FN2O2. The summed E-state index contributed by atoms with van der Waals surface area (Å²) in [6.45, 7) is -0.108. The largest absolute Gasteiger partial charge is 0.335 e. The minimum atomic E-state index is -0.492. The summed E-state index contributed by atoms with van der Waals surface area (Å²) in [6, 6.07) is 5.94. The first kappa shape index (κ1) is 10.6. The van der Waals surface area contributed by atoms with Crippen molar-refractivity contribution in [1.29, 1.82) is 0 Å². The lowest BCUT2D eigenvalue weighted by Gasteiger charge is -2.31. The van der Waals surface area contributed by atoms with E-state index < -0.39 is 5.82 Å². The number of carbonyl (C=O) groups is 2. The number of rotatable bonds is 1. The van der Waals surface area contributed by atoms with E-state index in [1.807, 2.05) is 0 Å². The van der Waals surface area contributed by atoms with Crippen LogP contribution < -0.4 is 4.90 Å². The van der Waals surface area contributed by atoms with Gasteiger partial charge in [0.2, 0.25) is 11.8 Å². The Balaban J connectivity index is 2.31. The molecule has 0 unspecified atom stereocenters. The summed E-state index contributed by atoms with van der Waals surface area (Å²) in [6.07, 6.45) is 0. The van der Waals surface area contributed by atoms with Crippen molar-refractivity contribution in [3.8, 4) is 0 Å². The van der Waals surface area contributed by atoms with Crippen molar-refractivity contribution in [2.24, 2.45) is 0 Å². The Morgan fingerprint density at radius 2 is 1.81 bits per heavy atom. The fraction of sp³-hybridized carbons (Fsp3) is 0.273. The van der Waals surface area contributed by atoms with Crippen LogP contribution >= 0.6 is 0 Å². The average Bonchev–Trinajstić information content (AvgIpc) is 2.25. The number of likely N-dealkylation sites (N-methyl/N-ethyl adjacent to an activating group) is 1. The molecule has 0 bridgehead atoms. The van der Waals surface area contributed by atoms with Crippen molar-refractivity contribution >= 4 is 17.5 Å². The van der Waals surface area contributed by atoms with Gasteiger partial charge < -0.3 is 4.90 Å². The van der Waals surface area contributed by atoms with Crippen LogP contribution in [0.3, 0.4) is 0 Å². The molecule has 2 amide bonds. The molecule has 0 saturated carbocycles. The highest BCUT2D eigenvalue weighted by Gasteiger charge is 2.29. The van der Waals surface area contributed by atoms with Gasteiger partial charge in [-0.15, -0.1) is 0 Å². The number of amides is 2. The molecule has 0 radical (unpaired) electrons. The van der Waals surface area contributed by atoms with Crippen molar-refractivity contribution in [3.05, 3.63) is 30.1 Å². The maximum Gasteiger partial charge on any atom is 0.247 e. The summed E-state index contributed by atoms with van der Waals surface area (Å²) in [5.41, 5.74) is 0.161. The molecule has 0 aliphatic carbocycles. The molecule has 84 valence electrons. The van der Waals surface area contributed by atoms with Crippen LogP contribution in [0.25, 0.3) is 0 Å². The van der Waals surface area contributed by atoms with Crippen LogP contribution in [0.15, 0.2) is 24.3 Å². The lowest BCUT2D eigenvalue weighted by Crippen LogP contribution is -2.52. The summed E-state index contributed by atoms with van der Waals surface area (Å²) < 4.78 is 13.5. The predicted molar refractivity (Wildman–Crippen MR) is 56.4 cm³/mol. The smallest absolute Gasteiger partial charge is 0.247 e. The van der Waals surface area contributed by atoms with Crippen LogP contribution in [-0.2, 0) is 9.59 Å². The lowest BCUT2D eigenvalue weighted by molar-refractivity contribution is -0.136. The number of hydrogen-bond acceptors (Lipinski definition) is 2. The van der Waals surface area contributed by atoms with Gasteiger partial charge in [-0.1, -0.05) is 12.1 Å². The third-order valence-electron chi connectivity index (χ3n) is 2.54. The van der Waals surface area contributed by atoms with Crippen LogP contribution in [0.1, 0.15) is 0 Å². The molecule has 1 saturated heterocycles. The monoisotopic (exact) mass is 222 g/mol. The van der Waals surface area contributed by atoms with Crippen molar-refractivity contribution < 1.29 is 14.0 Å². The molecule has 16 heavy (non-hydrogen) atoms. The van der Waals surface area contributed by atoms with E-state index in [2.05, 4.69) is 0 Å². The van der Waals surface area contributed by atoms with Gasteiger partial charge in [-0.25, -0.2) is 4.39 Å². The van der Waals surface area contributed by atoms with Crippen molar-refractivity contribution in [1.82, 2.24) is 4.90 Å². The topological polar surface area (TPSA) is 40.6 Å². The van der Waals surface area contributed by atoms with Crippen LogP contribution in [0.2, 0.25) is 0 Å². The van der Waals surface area contributed by atoms with Gasteiger partial charge in [-0.05, 0) is 12.1 Å². The van der Waals surface area contributed by atoms with Crippen LogP contribution in [-0.4, -0.2) is 36.9 Å². The average molecular weight is 222 g/mol. The Morgan fingerprint density at radius 1 is 1.12 bits per heavy atom. The SMILES string of the molecule is CN1CC(=O)N(c2ccccc2F)CC1=O. The molecule has 1 aromatic rings. The second-order valence-corrected chi connectivity index (χ2v) is 3.68. The Kier molecular flexibility index (Phi) is 2.60. The molecule has 2 rings (SSSR count). The number of halogens is 1. The van der Waals surface area contributed by atoms with E-state index in [9.17, 15) is 14.0 Å². The van der Waals surface area contributed by atoms with E-state index in [0.29, 0.717) is 0 Å². The van der Waals surface area contributed by atoms with E-state index in [4.69, 9.17) is 0 Å². The number of piperazine rings is 1. The minimum absolute atomic E-state index is 0.00678. The van der Waals surface area contributed by atoms with E-state index >= 15 is 0 Å². The second-order valence-electron chi connectivity index (χ2n) is 3.68. The zero-order valence-electron chi connectivity index (χ0n) is 8.81. The zero-order chi connectivity index (χ0) is 11.7. The van der Waals surface area contributed by atoms with E-state index in [1.54, 1.807) is 19.2 Å². The lowest BCUT2D eigenvalue weighted by atomic mass is 10.2. The molecule has 1 fully saturated rings. The number of hydrogen-bond donors (Lipinski definition) is 0. The maximum atomic E-state index is 13.5. The van der Waals surface area contributed by atoms with Gasteiger partial charge in [0.1, 0.15) is 12.4 Å². The third kappa shape index (κ3) is 1.76. The zero-order valence-corrected chi connectivity index (χ0v) is 8.81. The summed E-state index contributed by atoms with van der Waals surface area (Å²) >= 11 is 0. The highest BCUT2D eigenvalue weighted by molar-refractivity contribution is 6.04. The maximum absolute atomic E-state index is 13.5. The number of benzene rings is 1. The van der Waals surface area contributed by atoms with Crippen LogP contribution in [0, 0.1) is 5.82 Å². The van der Waals surface area contributed by atoms with Gasteiger partial charge in [-0.2, -0.15) is 0 Å². The Bertz CT molecular complexity index is 447. The van der Waals surface area contributed by atoms with Gasteiger partial charge in [0.05, 0.1) is 12.2 Å². The molecule has 1 aliphatic heterocycles. The standard InChI is InChI=1S/C11H11FN2O2/c1-13-6-11(16)14(7-10(13)15)9-5-3-2-4-8(9)12/h2-5H,6-7H2,1H3. The molecule has 1 aliphatic rings. The van der Waals surface area contributed by atoms with Gasteiger partial charge in [-0.3, -0.25) is 14.5 Å². The first-order chi connectivity index (χ1) is 7.59. The fourth-order valence-corrected chi connectivity index (χ4v) is 1.61. The van der Waals surface area contributed by atoms with Gasteiger partial charge in [0.15, 0.2) is 0 Å².